The van der Waals surface area contributed by atoms with Gasteiger partial charge in [-0.15, -0.1) is 0 Å². The number of hydrogen-bond acceptors (Lipinski definition) is 2. The molecule has 2 unspecified atom stereocenters. The Morgan fingerprint density at radius 2 is 2.05 bits per heavy atom. The van der Waals surface area contributed by atoms with Gasteiger partial charge in [-0.25, -0.2) is 0 Å². The highest BCUT2D eigenvalue weighted by atomic mass is 16.5. The summed E-state index contributed by atoms with van der Waals surface area (Å²) < 4.78 is 5.83. The van der Waals surface area contributed by atoms with Crippen LogP contribution in [0.25, 0.3) is 0 Å². The molecule has 2 atom stereocenters. The van der Waals surface area contributed by atoms with Gasteiger partial charge in [-0.3, -0.25) is 0 Å². The zero-order chi connectivity index (χ0) is 15.5. The zero-order valence-electron chi connectivity index (χ0n) is 14.1. The number of nitrogens with two attached hydrogens (primary N) is 1. The molecule has 0 radical (unpaired) electrons. The Balaban J connectivity index is 2.14. The van der Waals surface area contributed by atoms with Crippen molar-refractivity contribution < 1.29 is 4.74 Å². The number of ether oxygens (including phenoxy) is 1. The molecule has 1 aromatic rings. The molecule has 0 heterocycles. The van der Waals surface area contributed by atoms with Crippen LogP contribution in [-0.2, 0) is 5.54 Å². The van der Waals surface area contributed by atoms with Crippen LogP contribution in [0.4, 0.5) is 0 Å². The lowest BCUT2D eigenvalue weighted by atomic mass is 9.70. The van der Waals surface area contributed by atoms with Crippen LogP contribution in [0, 0.1) is 11.8 Å². The van der Waals surface area contributed by atoms with Crippen molar-refractivity contribution in [2.24, 2.45) is 17.6 Å². The Labute approximate surface area is 130 Å². The van der Waals surface area contributed by atoms with Gasteiger partial charge in [0.25, 0.3) is 0 Å². The molecule has 118 valence electrons. The fourth-order valence-electron chi connectivity index (χ4n) is 3.71. The van der Waals surface area contributed by atoms with Crippen LogP contribution in [0.2, 0.25) is 0 Å². The summed E-state index contributed by atoms with van der Waals surface area (Å²) in [7, 11) is 0. The Morgan fingerprint density at radius 3 is 2.71 bits per heavy atom. The molecule has 1 aromatic carbocycles. The molecule has 2 nitrogen and oxygen atoms in total. The average Bonchev–Trinajstić information content (AvgIpc) is 2.37. The Kier molecular flexibility index (Phi) is 5.32. The van der Waals surface area contributed by atoms with Gasteiger partial charge in [-0.1, -0.05) is 38.8 Å². The molecule has 21 heavy (non-hydrogen) atoms. The molecule has 0 spiro atoms. The van der Waals surface area contributed by atoms with E-state index >= 15 is 0 Å². The first kappa shape index (κ1) is 16.4. The third-order valence-corrected chi connectivity index (χ3v) is 4.47. The zero-order valence-corrected chi connectivity index (χ0v) is 14.1. The second-order valence-electron chi connectivity index (χ2n) is 7.44. The van der Waals surface area contributed by atoms with Gasteiger partial charge in [0.05, 0.1) is 6.10 Å². The van der Waals surface area contributed by atoms with Gasteiger partial charge in [0.15, 0.2) is 0 Å². The van der Waals surface area contributed by atoms with E-state index in [-0.39, 0.29) is 11.6 Å². The summed E-state index contributed by atoms with van der Waals surface area (Å²) in [5.74, 6) is 2.46. The van der Waals surface area contributed by atoms with E-state index in [0.29, 0.717) is 0 Å². The van der Waals surface area contributed by atoms with Gasteiger partial charge in [0.2, 0.25) is 0 Å². The van der Waals surface area contributed by atoms with E-state index in [9.17, 15) is 0 Å². The molecule has 0 bridgehead atoms. The summed E-state index contributed by atoms with van der Waals surface area (Å²) in [6, 6.07) is 8.43. The van der Waals surface area contributed by atoms with Crippen molar-refractivity contribution in [2.45, 2.75) is 71.4 Å². The lowest BCUT2D eigenvalue weighted by molar-refractivity contribution is 0.200. The third kappa shape index (κ3) is 4.47. The largest absolute Gasteiger partial charge is 0.491 e. The molecule has 2 heteroatoms. The van der Waals surface area contributed by atoms with E-state index in [4.69, 9.17) is 10.5 Å². The molecular formula is C19H31NO. The van der Waals surface area contributed by atoms with Gasteiger partial charge >= 0.3 is 0 Å². The second kappa shape index (κ2) is 6.83. The van der Waals surface area contributed by atoms with Crippen molar-refractivity contribution in [1.29, 1.82) is 0 Å². The van der Waals surface area contributed by atoms with Crippen molar-refractivity contribution in [3.63, 3.8) is 0 Å². The minimum absolute atomic E-state index is 0.172. The van der Waals surface area contributed by atoms with E-state index in [1.807, 2.05) is 6.07 Å². The van der Waals surface area contributed by atoms with Crippen LogP contribution < -0.4 is 10.5 Å². The van der Waals surface area contributed by atoms with Gasteiger partial charge in [0.1, 0.15) is 5.75 Å². The highest BCUT2D eigenvalue weighted by molar-refractivity contribution is 5.33. The summed E-state index contributed by atoms with van der Waals surface area (Å²) in [5.41, 5.74) is 7.86. The fourth-order valence-corrected chi connectivity index (χ4v) is 3.71. The quantitative estimate of drug-likeness (QED) is 0.839. The molecule has 2 N–H and O–H groups in total. The maximum atomic E-state index is 6.79. The summed E-state index contributed by atoms with van der Waals surface area (Å²) in [6.07, 6.45) is 6.26. The predicted octanol–water partition coefficient (Wildman–Crippen LogP) is 4.86. The maximum absolute atomic E-state index is 6.79. The molecule has 1 aliphatic carbocycles. The standard InChI is InChI=1S/C19H31NO/c1-14(2)11-16-7-6-10-19(20,13-16)17-8-5-9-18(12-17)21-15(3)4/h5,8-9,12,14-16H,6-7,10-11,13,20H2,1-4H3. The summed E-state index contributed by atoms with van der Waals surface area (Å²) in [6.45, 7) is 8.74. The summed E-state index contributed by atoms with van der Waals surface area (Å²) >= 11 is 0. The molecular weight excluding hydrogens is 258 g/mol. The van der Waals surface area contributed by atoms with E-state index in [1.54, 1.807) is 0 Å². The number of rotatable bonds is 5. The Hall–Kier alpha value is -1.02. The fraction of sp³-hybridized carbons (Fsp3) is 0.684. The smallest absolute Gasteiger partial charge is 0.120 e. The summed E-state index contributed by atoms with van der Waals surface area (Å²) in [4.78, 5) is 0. The lowest BCUT2D eigenvalue weighted by Crippen LogP contribution is -2.41. The molecule has 1 fully saturated rings. The Morgan fingerprint density at radius 1 is 1.29 bits per heavy atom. The van der Waals surface area contributed by atoms with Crippen molar-refractivity contribution in [3.05, 3.63) is 29.8 Å². The number of hydrogen-bond donors (Lipinski definition) is 1. The van der Waals surface area contributed by atoms with Crippen LogP contribution in [0.3, 0.4) is 0 Å². The highest BCUT2D eigenvalue weighted by Gasteiger charge is 2.34. The highest BCUT2D eigenvalue weighted by Crippen LogP contribution is 2.41. The maximum Gasteiger partial charge on any atom is 0.120 e. The predicted molar refractivity (Wildman–Crippen MR) is 89.5 cm³/mol. The minimum Gasteiger partial charge on any atom is -0.491 e. The molecule has 0 aliphatic heterocycles. The van der Waals surface area contributed by atoms with Gasteiger partial charge in [-0.05, 0) is 62.6 Å². The van der Waals surface area contributed by atoms with Crippen LogP contribution in [0.1, 0.15) is 65.4 Å². The van der Waals surface area contributed by atoms with Crippen molar-refractivity contribution in [1.82, 2.24) is 0 Å². The number of benzene rings is 1. The molecule has 0 aromatic heterocycles. The molecule has 2 rings (SSSR count). The van der Waals surface area contributed by atoms with E-state index in [0.717, 1.165) is 30.4 Å². The van der Waals surface area contributed by atoms with E-state index in [1.165, 1.54) is 24.8 Å². The van der Waals surface area contributed by atoms with Gasteiger partial charge < -0.3 is 10.5 Å². The van der Waals surface area contributed by atoms with Crippen molar-refractivity contribution in [3.8, 4) is 5.75 Å². The Bertz CT molecular complexity index is 455. The molecule has 0 saturated heterocycles. The van der Waals surface area contributed by atoms with Crippen LogP contribution >= 0.6 is 0 Å². The molecule has 1 saturated carbocycles. The van der Waals surface area contributed by atoms with Crippen molar-refractivity contribution in [2.75, 3.05) is 0 Å². The first-order valence-electron chi connectivity index (χ1n) is 8.45. The third-order valence-electron chi connectivity index (χ3n) is 4.47. The first-order valence-corrected chi connectivity index (χ1v) is 8.45. The van der Waals surface area contributed by atoms with E-state index < -0.39 is 0 Å². The normalized spacial score (nSPS) is 26.3. The van der Waals surface area contributed by atoms with Crippen LogP contribution in [0.15, 0.2) is 24.3 Å². The van der Waals surface area contributed by atoms with Gasteiger partial charge in [0, 0.05) is 5.54 Å². The SMILES string of the molecule is CC(C)CC1CCCC(N)(c2cccc(OC(C)C)c2)C1. The second-order valence-corrected chi connectivity index (χ2v) is 7.44. The average molecular weight is 289 g/mol. The molecule has 0 amide bonds. The first-order chi connectivity index (χ1) is 9.89. The molecule has 1 aliphatic rings. The van der Waals surface area contributed by atoms with Gasteiger partial charge in [-0.2, -0.15) is 0 Å². The van der Waals surface area contributed by atoms with E-state index in [2.05, 4.69) is 45.9 Å². The lowest BCUT2D eigenvalue weighted by Gasteiger charge is -2.39. The van der Waals surface area contributed by atoms with Crippen LogP contribution in [-0.4, -0.2) is 6.10 Å². The topological polar surface area (TPSA) is 35.2 Å². The minimum atomic E-state index is -0.172. The van der Waals surface area contributed by atoms with Crippen LogP contribution in [0.5, 0.6) is 5.75 Å². The van der Waals surface area contributed by atoms with Crippen molar-refractivity contribution >= 4 is 0 Å². The monoisotopic (exact) mass is 289 g/mol. The summed E-state index contributed by atoms with van der Waals surface area (Å²) in [5, 5.41) is 0.